The molecule has 0 aliphatic heterocycles. The molecule has 0 spiro atoms. The molecule has 1 aliphatic carbocycles. The van der Waals surface area contributed by atoms with Gasteiger partial charge < -0.3 is 14.9 Å². The lowest BCUT2D eigenvalue weighted by molar-refractivity contribution is -0.138. The predicted octanol–water partition coefficient (Wildman–Crippen LogP) is -0.0672. The SMILES string of the molecule is CCOCC(O)CN(CC(=O)O)C1CC1. The van der Waals surface area contributed by atoms with Crippen molar-refractivity contribution in [3.05, 3.63) is 0 Å². The van der Waals surface area contributed by atoms with Crippen LogP contribution in [0.1, 0.15) is 19.8 Å². The minimum Gasteiger partial charge on any atom is -0.480 e. The molecule has 5 nitrogen and oxygen atoms in total. The highest BCUT2D eigenvalue weighted by Gasteiger charge is 2.31. The number of nitrogens with zero attached hydrogens (tertiary/aromatic N) is 1. The summed E-state index contributed by atoms with van der Waals surface area (Å²) in [6.07, 6.45) is 1.48. The molecule has 0 aromatic rings. The Morgan fingerprint density at radius 3 is 2.73 bits per heavy atom. The van der Waals surface area contributed by atoms with Gasteiger partial charge in [0.15, 0.2) is 0 Å². The van der Waals surface area contributed by atoms with Crippen LogP contribution in [-0.4, -0.2) is 59.5 Å². The molecule has 0 heterocycles. The normalized spacial score (nSPS) is 18.1. The van der Waals surface area contributed by atoms with E-state index in [4.69, 9.17) is 9.84 Å². The smallest absolute Gasteiger partial charge is 0.317 e. The highest BCUT2D eigenvalue weighted by atomic mass is 16.5. The van der Waals surface area contributed by atoms with Gasteiger partial charge in [-0.3, -0.25) is 9.69 Å². The fraction of sp³-hybridized carbons (Fsp3) is 0.900. The van der Waals surface area contributed by atoms with Gasteiger partial charge >= 0.3 is 5.97 Å². The summed E-state index contributed by atoms with van der Waals surface area (Å²) in [5, 5.41) is 18.3. The molecular formula is C10H19NO4. The van der Waals surface area contributed by atoms with Gasteiger partial charge in [-0.1, -0.05) is 0 Å². The molecule has 0 amide bonds. The van der Waals surface area contributed by atoms with Crippen molar-refractivity contribution >= 4 is 5.97 Å². The van der Waals surface area contributed by atoms with Crippen LogP contribution < -0.4 is 0 Å². The minimum atomic E-state index is -0.842. The Kier molecular flexibility index (Phi) is 5.01. The molecule has 1 unspecified atom stereocenters. The van der Waals surface area contributed by atoms with E-state index < -0.39 is 12.1 Å². The first kappa shape index (κ1) is 12.4. The van der Waals surface area contributed by atoms with Crippen molar-refractivity contribution in [2.75, 3.05) is 26.3 Å². The van der Waals surface area contributed by atoms with E-state index in [-0.39, 0.29) is 13.2 Å². The number of aliphatic carboxylic acids is 1. The maximum absolute atomic E-state index is 10.6. The van der Waals surface area contributed by atoms with Gasteiger partial charge in [0.2, 0.25) is 0 Å². The summed E-state index contributed by atoms with van der Waals surface area (Å²) in [5.74, 6) is -0.842. The summed E-state index contributed by atoms with van der Waals surface area (Å²) in [7, 11) is 0. The quantitative estimate of drug-likeness (QED) is 0.595. The second-order valence-corrected chi connectivity index (χ2v) is 3.87. The van der Waals surface area contributed by atoms with E-state index in [1.165, 1.54) is 0 Å². The van der Waals surface area contributed by atoms with E-state index >= 15 is 0 Å². The van der Waals surface area contributed by atoms with Gasteiger partial charge in [-0.05, 0) is 19.8 Å². The molecule has 15 heavy (non-hydrogen) atoms. The zero-order valence-corrected chi connectivity index (χ0v) is 9.06. The molecule has 1 fully saturated rings. The number of carboxylic acid groups (broad SMARTS) is 1. The van der Waals surface area contributed by atoms with Gasteiger partial charge in [0.05, 0.1) is 19.3 Å². The molecule has 1 aliphatic rings. The standard InChI is InChI=1S/C10H19NO4/c1-2-15-7-9(12)5-11(6-10(13)14)8-3-4-8/h8-9,12H,2-7H2,1H3,(H,13,14). The third kappa shape index (κ3) is 5.11. The number of aliphatic hydroxyl groups is 1. The Hall–Kier alpha value is -0.650. The third-order valence-electron chi connectivity index (χ3n) is 2.36. The van der Waals surface area contributed by atoms with Crippen LogP contribution in [0.25, 0.3) is 0 Å². The average Bonchev–Trinajstić information content (AvgIpc) is 2.96. The summed E-state index contributed by atoms with van der Waals surface area (Å²) >= 11 is 0. The molecule has 0 saturated heterocycles. The molecule has 1 saturated carbocycles. The number of carboxylic acids is 1. The van der Waals surface area contributed by atoms with Crippen molar-refractivity contribution in [3.63, 3.8) is 0 Å². The first-order valence-electron chi connectivity index (χ1n) is 5.35. The van der Waals surface area contributed by atoms with Crippen molar-refractivity contribution in [1.29, 1.82) is 0 Å². The summed E-state index contributed by atoms with van der Waals surface area (Å²) in [5.41, 5.74) is 0. The minimum absolute atomic E-state index is 0.00779. The Balaban J connectivity index is 2.26. The average molecular weight is 217 g/mol. The number of aliphatic hydroxyl groups excluding tert-OH is 1. The van der Waals surface area contributed by atoms with Gasteiger partial charge in [0.25, 0.3) is 0 Å². The van der Waals surface area contributed by atoms with Crippen LogP contribution in [0, 0.1) is 0 Å². The monoisotopic (exact) mass is 217 g/mol. The lowest BCUT2D eigenvalue weighted by Crippen LogP contribution is -2.39. The predicted molar refractivity (Wildman–Crippen MR) is 54.7 cm³/mol. The summed E-state index contributed by atoms with van der Waals surface area (Å²) < 4.78 is 5.08. The van der Waals surface area contributed by atoms with Crippen molar-refractivity contribution < 1.29 is 19.7 Å². The number of ether oxygens (including phenoxy) is 1. The number of hydrogen-bond donors (Lipinski definition) is 2. The van der Waals surface area contributed by atoms with Gasteiger partial charge in [-0.25, -0.2) is 0 Å². The highest BCUT2D eigenvalue weighted by Crippen LogP contribution is 2.26. The van der Waals surface area contributed by atoms with Gasteiger partial charge in [0, 0.05) is 19.2 Å². The van der Waals surface area contributed by atoms with Crippen molar-refractivity contribution in [2.45, 2.75) is 31.9 Å². The van der Waals surface area contributed by atoms with Crippen LogP contribution in [0.4, 0.5) is 0 Å². The molecular weight excluding hydrogens is 198 g/mol. The van der Waals surface area contributed by atoms with Gasteiger partial charge in [-0.2, -0.15) is 0 Å². The van der Waals surface area contributed by atoms with Crippen LogP contribution in [0.3, 0.4) is 0 Å². The third-order valence-corrected chi connectivity index (χ3v) is 2.36. The van der Waals surface area contributed by atoms with E-state index in [2.05, 4.69) is 0 Å². The Morgan fingerprint density at radius 2 is 2.27 bits per heavy atom. The lowest BCUT2D eigenvalue weighted by Gasteiger charge is -2.22. The molecule has 0 aromatic carbocycles. The molecule has 1 atom stereocenters. The topological polar surface area (TPSA) is 70.0 Å². The zero-order valence-electron chi connectivity index (χ0n) is 9.06. The van der Waals surface area contributed by atoms with Gasteiger partial charge in [0.1, 0.15) is 0 Å². The van der Waals surface area contributed by atoms with Crippen molar-refractivity contribution in [2.24, 2.45) is 0 Å². The lowest BCUT2D eigenvalue weighted by atomic mass is 10.3. The summed E-state index contributed by atoms with van der Waals surface area (Å²) in [6, 6.07) is 0.345. The van der Waals surface area contributed by atoms with Crippen LogP contribution >= 0.6 is 0 Å². The van der Waals surface area contributed by atoms with E-state index in [9.17, 15) is 9.90 Å². The molecule has 0 radical (unpaired) electrons. The molecule has 88 valence electrons. The highest BCUT2D eigenvalue weighted by molar-refractivity contribution is 5.69. The van der Waals surface area contributed by atoms with Crippen LogP contribution in [0.15, 0.2) is 0 Å². The first-order chi connectivity index (χ1) is 7.13. The van der Waals surface area contributed by atoms with E-state index in [0.717, 1.165) is 12.8 Å². The Labute approximate surface area is 89.6 Å². The van der Waals surface area contributed by atoms with Crippen LogP contribution in [0.2, 0.25) is 0 Å². The Bertz CT molecular complexity index is 206. The van der Waals surface area contributed by atoms with Gasteiger partial charge in [-0.15, -0.1) is 0 Å². The maximum Gasteiger partial charge on any atom is 0.317 e. The zero-order chi connectivity index (χ0) is 11.3. The second kappa shape index (κ2) is 6.05. The molecule has 0 aromatic heterocycles. The van der Waals surface area contributed by atoms with Crippen molar-refractivity contribution in [3.8, 4) is 0 Å². The van der Waals surface area contributed by atoms with E-state index in [0.29, 0.717) is 19.2 Å². The number of rotatable bonds is 8. The summed E-state index contributed by atoms with van der Waals surface area (Å²) in [6.45, 7) is 3.10. The molecule has 1 rings (SSSR count). The number of carbonyl (C=O) groups is 1. The largest absolute Gasteiger partial charge is 0.480 e. The fourth-order valence-electron chi connectivity index (χ4n) is 1.53. The number of hydrogen-bond acceptors (Lipinski definition) is 4. The first-order valence-corrected chi connectivity index (χ1v) is 5.35. The Morgan fingerprint density at radius 1 is 1.60 bits per heavy atom. The molecule has 2 N–H and O–H groups in total. The van der Waals surface area contributed by atoms with Crippen molar-refractivity contribution in [1.82, 2.24) is 4.90 Å². The van der Waals surface area contributed by atoms with E-state index in [1.54, 1.807) is 0 Å². The summed E-state index contributed by atoms with van der Waals surface area (Å²) in [4.78, 5) is 12.4. The second-order valence-electron chi connectivity index (χ2n) is 3.87. The fourth-order valence-corrected chi connectivity index (χ4v) is 1.53. The van der Waals surface area contributed by atoms with Crippen LogP contribution in [0.5, 0.6) is 0 Å². The van der Waals surface area contributed by atoms with E-state index in [1.807, 2.05) is 11.8 Å². The maximum atomic E-state index is 10.6. The molecule has 0 bridgehead atoms. The molecule has 5 heteroatoms. The van der Waals surface area contributed by atoms with Crippen LogP contribution in [-0.2, 0) is 9.53 Å².